The van der Waals surface area contributed by atoms with Crippen LogP contribution < -0.4 is 0 Å². The van der Waals surface area contributed by atoms with Gasteiger partial charge in [0, 0.05) is 6.54 Å². The van der Waals surface area contributed by atoms with Crippen LogP contribution >= 0.6 is 0 Å². The van der Waals surface area contributed by atoms with Crippen molar-refractivity contribution in [3.05, 3.63) is 113 Å². The summed E-state index contributed by atoms with van der Waals surface area (Å²) >= 11 is 0. The van der Waals surface area contributed by atoms with Crippen molar-refractivity contribution in [3.63, 3.8) is 0 Å². The van der Waals surface area contributed by atoms with Gasteiger partial charge in [-0.2, -0.15) is 4.31 Å². The predicted octanol–water partition coefficient (Wildman–Crippen LogP) is 10.5. The molecule has 252 valence electrons. The van der Waals surface area contributed by atoms with Gasteiger partial charge < -0.3 is 9.39 Å². The molecule has 5 nitrogen and oxygen atoms in total. The van der Waals surface area contributed by atoms with E-state index in [1.165, 1.54) is 64.2 Å². The third-order valence-corrected chi connectivity index (χ3v) is 12.6. The van der Waals surface area contributed by atoms with E-state index in [-0.39, 0.29) is 13.5 Å². The Morgan fingerprint density at radius 2 is 1.34 bits per heavy atom. The number of rotatable bonds is 13. The quantitative estimate of drug-likeness (QED) is 0.136. The largest absolute Gasteiger partial charge is 0.536 e. The van der Waals surface area contributed by atoms with Gasteiger partial charge in [-0.3, -0.25) is 0 Å². The average molecular weight is 656 g/mol. The molecule has 0 saturated heterocycles. The zero-order valence-corrected chi connectivity index (χ0v) is 30.0. The number of nitrogens with zero attached hydrogens (tertiary/aromatic N) is 1. The first kappa shape index (κ1) is 35.3. The Morgan fingerprint density at radius 1 is 0.830 bits per heavy atom. The van der Waals surface area contributed by atoms with Gasteiger partial charge in [-0.15, -0.1) is 0 Å². The second-order valence-corrected chi connectivity index (χ2v) is 15.8. The van der Waals surface area contributed by atoms with Crippen LogP contribution in [0.25, 0.3) is 0 Å². The van der Waals surface area contributed by atoms with Crippen LogP contribution in [0.2, 0.25) is 11.6 Å². The topological polar surface area (TPSA) is 55.8 Å². The van der Waals surface area contributed by atoms with E-state index >= 15 is 0 Å². The summed E-state index contributed by atoms with van der Waals surface area (Å²) < 4.78 is 45.2. The zero-order valence-electron chi connectivity index (χ0n) is 29.2. The van der Waals surface area contributed by atoms with Crippen LogP contribution in [0.3, 0.4) is 0 Å². The van der Waals surface area contributed by atoms with Crippen molar-refractivity contribution in [3.8, 4) is 0 Å². The Labute approximate surface area is 284 Å². The SMILES string of the molecule is C/C=C(/OB(C1CCCCC1)C1CCCCC1)O[C@@H](c1ccccc1)[C@@H](C)N(Cc1ccccc1)S(=O)(=O)c1c(C)cc(C)cc1C. The molecule has 0 amide bonds. The third-order valence-electron chi connectivity index (χ3n) is 10.3. The monoisotopic (exact) mass is 655 g/mol. The second-order valence-electron chi connectivity index (χ2n) is 13.9. The lowest BCUT2D eigenvalue weighted by atomic mass is 9.42. The maximum absolute atomic E-state index is 14.8. The van der Waals surface area contributed by atoms with E-state index in [2.05, 4.69) is 0 Å². The van der Waals surface area contributed by atoms with E-state index < -0.39 is 22.2 Å². The molecule has 2 atom stereocenters. The summed E-state index contributed by atoms with van der Waals surface area (Å²) in [5, 5.41) is 0. The highest BCUT2D eigenvalue weighted by atomic mass is 32.2. The molecule has 0 N–H and O–H groups in total. The van der Waals surface area contributed by atoms with Crippen molar-refractivity contribution < 1.29 is 17.8 Å². The summed E-state index contributed by atoms with van der Waals surface area (Å²) in [5.41, 5.74) is 4.40. The molecule has 2 aliphatic carbocycles. The number of aryl methyl sites for hydroxylation is 3. The number of ether oxygens (including phenoxy) is 1. The number of hydrogen-bond donors (Lipinski definition) is 0. The molecule has 2 aliphatic rings. The maximum atomic E-state index is 14.8. The van der Waals surface area contributed by atoms with Crippen molar-refractivity contribution in [2.45, 2.75) is 134 Å². The summed E-state index contributed by atoms with van der Waals surface area (Å²) in [5.74, 6) is 1.56. The molecule has 2 fully saturated rings. The Balaban J connectivity index is 1.52. The van der Waals surface area contributed by atoms with Gasteiger partial charge in [0.15, 0.2) is 0 Å². The minimum absolute atomic E-state index is 0.121. The summed E-state index contributed by atoms with van der Waals surface area (Å²) in [6, 6.07) is 23.2. The standard InChI is InChI=1S/C40H54BNO4S/c1-6-38(46-41(36-23-15-9-16-24-36)37-25-17-10-18-26-37)45-39(35-21-13-8-14-22-35)33(5)42(29-34-19-11-7-12-20-34)47(43,44)40-31(3)27-30(2)28-32(40)4/h6-8,11-14,19-22,27-28,33,36-37,39H,9-10,15-18,23-26,29H2,1-5H3/b38-6+/t33-,39-/m1/s1. The van der Waals surface area contributed by atoms with Crippen molar-refractivity contribution in [1.29, 1.82) is 0 Å². The molecule has 0 aromatic heterocycles. The smallest absolute Gasteiger partial charge is 0.368 e. The van der Waals surface area contributed by atoms with E-state index in [9.17, 15) is 8.42 Å². The third kappa shape index (κ3) is 8.72. The van der Waals surface area contributed by atoms with Gasteiger partial charge in [0.1, 0.15) is 6.10 Å². The van der Waals surface area contributed by atoms with Crippen molar-refractivity contribution >= 4 is 16.9 Å². The van der Waals surface area contributed by atoms with Crippen LogP contribution in [0.1, 0.15) is 112 Å². The van der Waals surface area contributed by atoms with Gasteiger partial charge in [0.05, 0.1) is 10.9 Å². The Morgan fingerprint density at radius 3 is 1.85 bits per heavy atom. The Bertz CT molecular complexity index is 1520. The zero-order chi connectivity index (χ0) is 33.4. The molecule has 0 unspecified atom stereocenters. The summed E-state index contributed by atoms with van der Waals surface area (Å²) in [6.07, 6.45) is 13.8. The first-order valence-corrected chi connectivity index (χ1v) is 19.3. The maximum Gasteiger partial charge on any atom is 0.368 e. The van der Waals surface area contributed by atoms with Crippen LogP contribution in [0.4, 0.5) is 0 Å². The second kappa shape index (κ2) is 16.4. The Kier molecular flexibility index (Phi) is 12.3. The fourth-order valence-electron chi connectivity index (χ4n) is 8.07. The summed E-state index contributed by atoms with van der Waals surface area (Å²) in [4.78, 5) is 0.370. The van der Waals surface area contributed by atoms with Crippen LogP contribution in [-0.2, 0) is 26.0 Å². The Hall–Kier alpha value is -3.03. The van der Waals surface area contributed by atoms with Gasteiger partial charge in [0.2, 0.25) is 10.0 Å². The average Bonchev–Trinajstić information content (AvgIpc) is 3.08. The number of benzene rings is 3. The molecule has 0 bridgehead atoms. The summed E-state index contributed by atoms with van der Waals surface area (Å²) in [6.45, 7) is 10.1. The molecular weight excluding hydrogens is 601 g/mol. The van der Waals surface area contributed by atoms with Gasteiger partial charge in [-0.1, -0.05) is 143 Å². The number of allylic oxidation sites excluding steroid dienone is 1. The van der Waals surface area contributed by atoms with Gasteiger partial charge in [-0.25, -0.2) is 8.42 Å². The van der Waals surface area contributed by atoms with Gasteiger partial charge >= 0.3 is 6.92 Å². The molecule has 0 spiro atoms. The highest BCUT2D eigenvalue weighted by Gasteiger charge is 2.41. The van der Waals surface area contributed by atoms with Gasteiger partial charge in [-0.05, 0) is 74.6 Å². The van der Waals surface area contributed by atoms with Crippen molar-refractivity contribution in [1.82, 2.24) is 4.31 Å². The van der Waals surface area contributed by atoms with E-state index in [0.29, 0.717) is 22.5 Å². The van der Waals surface area contributed by atoms with Crippen molar-refractivity contribution in [2.24, 2.45) is 0 Å². The molecule has 2 saturated carbocycles. The van der Waals surface area contributed by atoms with Crippen LogP contribution in [-0.4, -0.2) is 25.7 Å². The fraction of sp³-hybridized carbons (Fsp3) is 0.500. The highest BCUT2D eigenvalue weighted by molar-refractivity contribution is 7.89. The molecule has 0 radical (unpaired) electrons. The normalized spacial score (nSPS) is 18.1. The van der Waals surface area contributed by atoms with Crippen LogP contribution in [0.15, 0.2) is 89.7 Å². The minimum atomic E-state index is -3.94. The first-order valence-electron chi connectivity index (χ1n) is 17.9. The number of hydrogen-bond acceptors (Lipinski definition) is 4. The van der Waals surface area contributed by atoms with Crippen LogP contribution in [0.5, 0.6) is 0 Å². The predicted molar refractivity (Wildman–Crippen MR) is 194 cm³/mol. The fourth-order valence-corrected chi connectivity index (χ4v) is 10.1. The molecule has 3 aromatic carbocycles. The summed E-state index contributed by atoms with van der Waals surface area (Å²) in [7, 11) is -3.94. The van der Waals surface area contributed by atoms with E-state index in [0.717, 1.165) is 27.8 Å². The van der Waals surface area contributed by atoms with E-state index in [4.69, 9.17) is 9.39 Å². The lowest BCUT2D eigenvalue weighted by Gasteiger charge is -2.38. The molecule has 5 rings (SSSR count). The first-order chi connectivity index (χ1) is 22.7. The number of sulfonamides is 1. The minimum Gasteiger partial charge on any atom is -0.536 e. The molecule has 47 heavy (non-hydrogen) atoms. The molecular formula is C40H54BNO4S. The lowest BCUT2D eigenvalue weighted by Crippen LogP contribution is -2.43. The van der Waals surface area contributed by atoms with Crippen molar-refractivity contribution in [2.75, 3.05) is 0 Å². The highest BCUT2D eigenvalue weighted by Crippen LogP contribution is 2.43. The van der Waals surface area contributed by atoms with E-state index in [1.807, 2.05) is 113 Å². The van der Waals surface area contributed by atoms with E-state index in [1.54, 1.807) is 4.31 Å². The molecule has 0 heterocycles. The molecule has 3 aromatic rings. The molecule has 0 aliphatic heterocycles. The molecule has 7 heteroatoms. The van der Waals surface area contributed by atoms with Crippen LogP contribution in [0, 0.1) is 20.8 Å². The van der Waals surface area contributed by atoms with Gasteiger partial charge in [0.25, 0.3) is 5.95 Å². The lowest BCUT2D eigenvalue weighted by molar-refractivity contribution is 0.00126.